The molecular weight excluding hydrogens is 314 g/mol. The van der Waals surface area contributed by atoms with E-state index in [1.54, 1.807) is 19.1 Å². The van der Waals surface area contributed by atoms with Crippen molar-refractivity contribution in [1.29, 1.82) is 0 Å². The molecule has 1 aromatic heterocycles. The van der Waals surface area contributed by atoms with E-state index < -0.39 is 15.9 Å². The lowest BCUT2D eigenvalue weighted by Gasteiger charge is -2.09. The largest absolute Gasteiger partial charge is 0.322 e. The van der Waals surface area contributed by atoms with Crippen LogP contribution in [0.15, 0.2) is 41.6 Å². The normalized spacial score (nSPS) is 11.2. The van der Waals surface area contributed by atoms with Crippen molar-refractivity contribution < 1.29 is 13.2 Å². The molecule has 2 aromatic rings. The SMILES string of the molecule is Cc1ccc(NC(=O)c2cnccc2Cl)cc1S(N)(=O)=O. The molecule has 8 heteroatoms. The predicted octanol–water partition coefficient (Wildman–Crippen LogP) is 1.94. The summed E-state index contributed by atoms with van der Waals surface area (Å²) in [7, 11) is -3.85. The van der Waals surface area contributed by atoms with Gasteiger partial charge in [-0.15, -0.1) is 0 Å². The molecule has 6 nitrogen and oxygen atoms in total. The fourth-order valence-electron chi connectivity index (χ4n) is 1.73. The van der Waals surface area contributed by atoms with Crippen molar-refractivity contribution in [3.05, 3.63) is 52.8 Å². The second-order valence-corrected chi connectivity index (χ2v) is 6.27. The smallest absolute Gasteiger partial charge is 0.258 e. The Labute approximate surface area is 127 Å². The molecule has 1 aromatic carbocycles. The lowest BCUT2D eigenvalue weighted by molar-refractivity contribution is 0.102. The van der Waals surface area contributed by atoms with Gasteiger partial charge in [0, 0.05) is 18.1 Å². The highest BCUT2D eigenvalue weighted by molar-refractivity contribution is 7.89. The molecular formula is C13H12ClN3O3S. The maximum absolute atomic E-state index is 12.1. The maximum atomic E-state index is 12.1. The van der Waals surface area contributed by atoms with Gasteiger partial charge in [0.1, 0.15) is 0 Å². The third kappa shape index (κ3) is 3.57. The summed E-state index contributed by atoms with van der Waals surface area (Å²) in [5.41, 5.74) is 0.987. The van der Waals surface area contributed by atoms with E-state index in [1.807, 2.05) is 0 Å². The minimum Gasteiger partial charge on any atom is -0.322 e. The van der Waals surface area contributed by atoms with Gasteiger partial charge < -0.3 is 5.32 Å². The molecule has 1 amide bonds. The van der Waals surface area contributed by atoms with E-state index in [2.05, 4.69) is 10.3 Å². The molecule has 0 bridgehead atoms. The van der Waals surface area contributed by atoms with Crippen molar-refractivity contribution in [2.24, 2.45) is 5.14 Å². The molecule has 0 atom stereocenters. The van der Waals surface area contributed by atoms with E-state index in [0.29, 0.717) is 11.3 Å². The molecule has 21 heavy (non-hydrogen) atoms. The van der Waals surface area contributed by atoms with Gasteiger partial charge in [0.25, 0.3) is 5.91 Å². The minimum absolute atomic E-state index is 0.0439. The Morgan fingerprint density at radius 3 is 2.67 bits per heavy atom. The van der Waals surface area contributed by atoms with Gasteiger partial charge in [-0.3, -0.25) is 9.78 Å². The van der Waals surface area contributed by atoms with Crippen LogP contribution in [0.25, 0.3) is 0 Å². The quantitative estimate of drug-likeness (QED) is 0.900. The number of halogens is 1. The number of anilines is 1. The van der Waals surface area contributed by atoms with Crippen molar-refractivity contribution in [1.82, 2.24) is 4.98 Å². The number of carbonyl (C=O) groups excluding carboxylic acids is 1. The third-order valence-corrected chi connectivity index (χ3v) is 4.15. The Morgan fingerprint density at radius 1 is 1.33 bits per heavy atom. The summed E-state index contributed by atoms with van der Waals surface area (Å²) in [5, 5.41) is 7.93. The first-order valence-corrected chi connectivity index (χ1v) is 7.76. The molecule has 110 valence electrons. The summed E-state index contributed by atoms with van der Waals surface area (Å²) in [4.78, 5) is 15.8. The number of amides is 1. The zero-order valence-electron chi connectivity index (χ0n) is 11.0. The van der Waals surface area contributed by atoms with Crippen LogP contribution in [-0.2, 0) is 10.0 Å². The molecule has 0 fully saturated rings. The Morgan fingerprint density at radius 2 is 2.05 bits per heavy atom. The molecule has 0 radical (unpaired) electrons. The highest BCUT2D eigenvalue weighted by atomic mass is 35.5. The Kier molecular flexibility index (Phi) is 4.26. The van der Waals surface area contributed by atoms with Crippen LogP contribution in [0.4, 0.5) is 5.69 Å². The number of nitrogens with one attached hydrogen (secondary N) is 1. The molecule has 3 N–H and O–H groups in total. The summed E-state index contributed by atoms with van der Waals surface area (Å²) in [6.45, 7) is 1.61. The van der Waals surface area contributed by atoms with Crippen molar-refractivity contribution in [2.75, 3.05) is 5.32 Å². The highest BCUT2D eigenvalue weighted by Gasteiger charge is 2.15. The number of hydrogen-bond donors (Lipinski definition) is 2. The average molecular weight is 326 g/mol. The van der Waals surface area contributed by atoms with E-state index >= 15 is 0 Å². The second-order valence-electron chi connectivity index (χ2n) is 4.33. The standard InChI is InChI=1S/C13H12ClN3O3S/c1-8-2-3-9(6-12(8)21(15,19)20)17-13(18)10-7-16-5-4-11(10)14/h2-7H,1H3,(H,17,18)(H2,15,19,20). The number of sulfonamides is 1. The van der Waals surface area contributed by atoms with Crippen molar-refractivity contribution >= 4 is 33.2 Å². The summed E-state index contributed by atoms with van der Waals surface area (Å²) in [6, 6.07) is 5.92. The summed E-state index contributed by atoms with van der Waals surface area (Å²) < 4.78 is 22.9. The van der Waals surface area contributed by atoms with Gasteiger partial charge in [-0.25, -0.2) is 13.6 Å². The van der Waals surface area contributed by atoms with E-state index in [0.717, 1.165) is 0 Å². The first-order chi connectivity index (χ1) is 9.79. The molecule has 0 aliphatic heterocycles. The number of nitrogens with zero attached hydrogens (tertiary/aromatic N) is 1. The van der Waals surface area contributed by atoms with Crippen LogP contribution >= 0.6 is 11.6 Å². The van der Waals surface area contributed by atoms with Crippen molar-refractivity contribution in [2.45, 2.75) is 11.8 Å². The number of pyridine rings is 1. The van der Waals surface area contributed by atoms with Gasteiger partial charge in [0.15, 0.2) is 0 Å². The number of nitrogens with two attached hydrogens (primary N) is 1. The molecule has 0 unspecified atom stereocenters. The lowest BCUT2D eigenvalue weighted by atomic mass is 10.2. The van der Waals surface area contributed by atoms with Gasteiger partial charge in [0.05, 0.1) is 15.5 Å². The number of aromatic nitrogens is 1. The maximum Gasteiger partial charge on any atom is 0.258 e. The minimum atomic E-state index is -3.85. The van der Waals surface area contributed by atoms with Crippen LogP contribution in [0.2, 0.25) is 5.02 Å². The van der Waals surface area contributed by atoms with Crippen molar-refractivity contribution in [3.8, 4) is 0 Å². The van der Waals surface area contributed by atoms with Crippen LogP contribution in [-0.4, -0.2) is 19.3 Å². The molecule has 0 spiro atoms. The number of primary sulfonamides is 1. The molecule has 0 saturated heterocycles. The molecule has 0 aliphatic rings. The van der Waals surface area contributed by atoms with E-state index in [4.69, 9.17) is 16.7 Å². The van der Waals surface area contributed by atoms with Crippen LogP contribution in [0.5, 0.6) is 0 Å². The summed E-state index contributed by atoms with van der Waals surface area (Å²) >= 11 is 5.90. The monoisotopic (exact) mass is 325 g/mol. The molecule has 0 saturated carbocycles. The zero-order chi connectivity index (χ0) is 15.6. The number of carbonyl (C=O) groups is 1. The van der Waals surface area contributed by atoms with E-state index in [9.17, 15) is 13.2 Å². The molecule has 1 heterocycles. The number of aryl methyl sites for hydroxylation is 1. The first kappa shape index (κ1) is 15.4. The Hall–Kier alpha value is -1.96. The molecule has 0 aliphatic carbocycles. The van der Waals surface area contributed by atoms with Crippen molar-refractivity contribution in [3.63, 3.8) is 0 Å². The van der Waals surface area contributed by atoms with E-state index in [1.165, 1.54) is 24.5 Å². The first-order valence-electron chi connectivity index (χ1n) is 5.83. The average Bonchev–Trinajstić information content (AvgIpc) is 2.40. The van der Waals surface area contributed by atoms with Gasteiger partial charge in [0.2, 0.25) is 10.0 Å². The van der Waals surface area contributed by atoms with Gasteiger partial charge in [-0.2, -0.15) is 0 Å². The number of hydrogen-bond acceptors (Lipinski definition) is 4. The van der Waals surface area contributed by atoms with E-state index in [-0.39, 0.29) is 15.5 Å². The van der Waals surface area contributed by atoms with Crippen LogP contribution in [0.1, 0.15) is 15.9 Å². The van der Waals surface area contributed by atoms with Crippen LogP contribution in [0.3, 0.4) is 0 Å². The lowest BCUT2D eigenvalue weighted by Crippen LogP contribution is -2.16. The molecule has 2 rings (SSSR count). The Bertz CT molecular complexity index is 806. The fourth-order valence-corrected chi connectivity index (χ4v) is 2.73. The number of rotatable bonds is 3. The van der Waals surface area contributed by atoms with Gasteiger partial charge >= 0.3 is 0 Å². The highest BCUT2D eigenvalue weighted by Crippen LogP contribution is 2.21. The predicted molar refractivity (Wildman–Crippen MR) is 79.8 cm³/mol. The Balaban J connectivity index is 2.33. The fraction of sp³-hybridized carbons (Fsp3) is 0.0769. The zero-order valence-corrected chi connectivity index (χ0v) is 12.6. The third-order valence-electron chi connectivity index (χ3n) is 2.77. The second kappa shape index (κ2) is 5.80. The van der Waals surface area contributed by atoms with Gasteiger partial charge in [-0.05, 0) is 30.7 Å². The van der Waals surface area contributed by atoms with Crippen LogP contribution in [0, 0.1) is 6.92 Å². The topological polar surface area (TPSA) is 102 Å². The van der Waals surface area contributed by atoms with Gasteiger partial charge in [-0.1, -0.05) is 17.7 Å². The summed E-state index contributed by atoms with van der Waals surface area (Å²) in [6.07, 6.45) is 2.79. The van der Waals surface area contributed by atoms with Crippen LogP contribution < -0.4 is 10.5 Å². The summed E-state index contributed by atoms with van der Waals surface area (Å²) in [5.74, 6) is -0.489. The number of benzene rings is 1.